The molecule has 18 heavy (non-hydrogen) atoms. The molecule has 4 unspecified atom stereocenters. The quantitative estimate of drug-likeness (QED) is 0.829. The van der Waals surface area contributed by atoms with Crippen LogP contribution >= 0.6 is 0 Å². The van der Waals surface area contributed by atoms with E-state index in [0.29, 0.717) is 6.04 Å². The fourth-order valence-electron chi connectivity index (χ4n) is 3.91. The van der Waals surface area contributed by atoms with Gasteiger partial charge in [-0.15, -0.1) is 0 Å². The Bertz CT molecular complexity index is 256. The van der Waals surface area contributed by atoms with Crippen LogP contribution in [0.3, 0.4) is 0 Å². The summed E-state index contributed by atoms with van der Waals surface area (Å²) in [6.07, 6.45) is 6.78. The molecule has 1 saturated carbocycles. The molecule has 0 aromatic rings. The summed E-state index contributed by atoms with van der Waals surface area (Å²) in [5.41, 5.74) is 5.98. The van der Waals surface area contributed by atoms with Gasteiger partial charge in [-0.3, -0.25) is 0 Å². The van der Waals surface area contributed by atoms with Crippen molar-refractivity contribution >= 4 is 0 Å². The van der Waals surface area contributed by atoms with Crippen molar-refractivity contribution in [1.29, 1.82) is 0 Å². The number of rotatable bonds is 4. The molecule has 3 nitrogen and oxygen atoms in total. The van der Waals surface area contributed by atoms with Gasteiger partial charge in [0, 0.05) is 18.6 Å². The van der Waals surface area contributed by atoms with E-state index in [2.05, 4.69) is 30.8 Å². The Morgan fingerprint density at radius 3 is 2.67 bits per heavy atom. The molecule has 106 valence electrons. The van der Waals surface area contributed by atoms with Crippen molar-refractivity contribution in [3.8, 4) is 0 Å². The van der Waals surface area contributed by atoms with E-state index in [4.69, 9.17) is 5.73 Å². The molecule has 1 aliphatic heterocycles. The molecule has 1 aliphatic carbocycles. The number of hydrogen-bond acceptors (Lipinski definition) is 3. The van der Waals surface area contributed by atoms with Crippen LogP contribution in [-0.2, 0) is 0 Å². The summed E-state index contributed by atoms with van der Waals surface area (Å²) in [4.78, 5) is 5.14. The van der Waals surface area contributed by atoms with Gasteiger partial charge in [-0.05, 0) is 64.7 Å². The highest BCUT2D eigenvalue weighted by atomic mass is 15.2. The normalized spacial score (nSPS) is 38.5. The lowest BCUT2D eigenvalue weighted by Crippen LogP contribution is -2.48. The Hall–Kier alpha value is -0.120. The Morgan fingerprint density at radius 2 is 2.06 bits per heavy atom. The number of likely N-dealkylation sites (tertiary alicyclic amines) is 1. The summed E-state index contributed by atoms with van der Waals surface area (Å²) in [5, 5.41) is 0. The molecule has 0 amide bonds. The first kappa shape index (κ1) is 14.3. The predicted octanol–water partition coefficient (Wildman–Crippen LogP) is 1.78. The zero-order valence-electron chi connectivity index (χ0n) is 12.4. The molecule has 0 bridgehead atoms. The predicted molar refractivity (Wildman–Crippen MR) is 77.6 cm³/mol. The number of nitrogens with two attached hydrogens (primary N) is 1. The largest absolute Gasteiger partial charge is 0.330 e. The molecule has 4 atom stereocenters. The maximum atomic E-state index is 5.98. The maximum Gasteiger partial charge on any atom is 0.0220 e. The highest BCUT2D eigenvalue weighted by Gasteiger charge is 2.32. The minimum absolute atomic E-state index is 0.716. The standard InChI is InChI=1S/C15H31N3/c1-12-6-7-13(10-16)15(9-12)18(3)11-14-5-4-8-17(14)2/h12-15H,4-11,16H2,1-3H3. The molecule has 1 heterocycles. The molecule has 0 aromatic heterocycles. The van der Waals surface area contributed by atoms with Crippen LogP contribution in [-0.4, -0.2) is 55.6 Å². The summed E-state index contributed by atoms with van der Waals surface area (Å²) in [6, 6.07) is 1.48. The fraction of sp³-hybridized carbons (Fsp3) is 1.00. The smallest absolute Gasteiger partial charge is 0.0220 e. The van der Waals surface area contributed by atoms with Gasteiger partial charge in [0.2, 0.25) is 0 Å². The topological polar surface area (TPSA) is 32.5 Å². The molecule has 2 rings (SSSR count). The molecular formula is C15H31N3. The molecule has 1 saturated heterocycles. The molecule has 3 heteroatoms. The van der Waals surface area contributed by atoms with Crippen molar-refractivity contribution < 1.29 is 0 Å². The van der Waals surface area contributed by atoms with Crippen LogP contribution in [0.15, 0.2) is 0 Å². The molecular weight excluding hydrogens is 222 g/mol. The van der Waals surface area contributed by atoms with Crippen LogP contribution in [0.1, 0.15) is 39.0 Å². The Kier molecular flexibility index (Phi) is 5.05. The molecule has 2 N–H and O–H groups in total. The van der Waals surface area contributed by atoms with E-state index in [-0.39, 0.29) is 0 Å². The summed E-state index contributed by atoms with van der Waals surface area (Å²) < 4.78 is 0. The summed E-state index contributed by atoms with van der Waals surface area (Å²) in [7, 11) is 4.59. The molecule has 2 fully saturated rings. The van der Waals surface area contributed by atoms with Gasteiger partial charge in [0.15, 0.2) is 0 Å². The van der Waals surface area contributed by atoms with Crippen molar-refractivity contribution in [2.45, 2.75) is 51.1 Å². The van der Waals surface area contributed by atoms with E-state index >= 15 is 0 Å². The van der Waals surface area contributed by atoms with E-state index in [9.17, 15) is 0 Å². The van der Waals surface area contributed by atoms with Crippen LogP contribution in [0.4, 0.5) is 0 Å². The van der Waals surface area contributed by atoms with Gasteiger partial charge >= 0.3 is 0 Å². The summed E-state index contributed by atoms with van der Waals surface area (Å²) in [5.74, 6) is 1.60. The second kappa shape index (κ2) is 6.36. The van der Waals surface area contributed by atoms with E-state index in [0.717, 1.165) is 24.4 Å². The highest BCUT2D eigenvalue weighted by Crippen LogP contribution is 2.31. The van der Waals surface area contributed by atoms with Crippen LogP contribution in [0.25, 0.3) is 0 Å². The van der Waals surface area contributed by atoms with Crippen LogP contribution < -0.4 is 5.73 Å². The van der Waals surface area contributed by atoms with Crippen molar-refractivity contribution in [3.63, 3.8) is 0 Å². The first-order chi connectivity index (χ1) is 8.61. The monoisotopic (exact) mass is 253 g/mol. The SMILES string of the molecule is CC1CCC(CN)C(N(C)CC2CCCN2C)C1. The van der Waals surface area contributed by atoms with Gasteiger partial charge in [-0.1, -0.05) is 13.3 Å². The van der Waals surface area contributed by atoms with Gasteiger partial charge in [-0.25, -0.2) is 0 Å². The van der Waals surface area contributed by atoms with Crippen LogP contribution in [0.2, 0.25) is 0 Å². The summed E-state index contributed by atoms with van der Waals surface area (Å²) in [6.45, 7) is 5.77. The third-order valence-corrected chi connectivity index (χ3v) is 5.26. The van der Waals surface area contributed by atoms with E-state index < -0.39 is 0 Å². The van der Waals surface area contributed by atoms with Crippen molar-refractivity contribution in [2.24, 2.45) is 17.6 Å². The van der Waals surface area contributed by atoms with Crippen molar-refractivity contribution in [3.05, 3.63) is 0 Å². The lowest BCUT2D eigenvalue weighted by Gasteiger charge is -2.41. The minimum atomic E-state index is 0.716. The highest BCUT2D eigenvalue weighted by molar-refractivity contribution is 4.88. The second-order valence-corrected chi connectivity index (χ2v) is 6.70. The third kappa shape index (κ3) is 3.25. The van der Waals surface area contributed by atoms with E-state index in [1.165, 1.54) is 45.2 Å². The van der Waals surface area contributed by atoms with E-state index in [1.54, 1.807) is 0 Å². The summed E-state index contributed by atoms with van der Waals surface area (Å²) >= 11 is 0. The average Bonchev–Trinajstić information content (AvgIpc) is 2.75. The van der Waals surface area contributed by atoms with Crippen molar-refractivity contribution in [2.75, 3.05) is 33.7 Å². The van der Waals surface area contributed by atoms with Crippen LogP contribution in [0, 0.1) is 11.8 Å². The van der Waals surface area contributed by atoms with Gasteiger partial charge in [0.05, 0.1) is 0 Å². The molecule has 0 radical (unpaired) electrons. The zero-order valence-corrected chi connectivity index (χ0v) is 12.4. The maximum absolute atomic E-state index is 5.98. The first-order valence-electron chi connectivity index (χ1n) is 7.72. The van der Waals surface area contributed by atoms with Gasteiger partial charge in [0.25, 0.3) is 0 Å². The van der Waals surface area contributed by atoms with Crippen LogP contribution in [0.5, 0.6) is 0 Å². The third-order valence-electron chi connectivity index (χ3n) is 5.26. The minimum Gasteiger partial charge on any atom is -0.330 e. The molecule has 2 aliphatic rings. The van der Waals surface area contributed by atoms with Gasteiger partial charge in [-0.2, -0.15) is 0 Å². The Balaban J connectivity index is 1.90. The van der Waals surface area contributed by atoms with Gasteiger partial charge < -0.3 is 15.5 Å². The first-order valence-corrected chi connectivity index (χ1v) is 7.72. The molecule has 0 spiro atoms. The van der Waals surface area contributed by atoms with Crippen molar-refractivity contribution in [1.82, 2.24) is 9.80 Å². The van der Waals surface area contributed by atoms with Gasteiger partial charge in [0.1, 0.15) is 0 Å². The molecule has 0 aromatic carbocycles. The lowest BCUT2D eigenvalue weighted by atomic mass is 9.78. The Labute approximate surface area is 113 Å². The van der Waals surface area contributed by atoms with E-state index in [1.807, 2.05) is 0 Å². The second-order valence-electron chi connectivity index (χ2n) is 6.70. The zero-order chi connectivity index (χ0) is 13.1. The number of hydrogen-bond donors (Lipinski definition) is 1. The Morgan fingerprint density at radius 1 is 1.28 bits per heavy atom. The lowest BCUT2D eigenvalue weighted by molar-refractivity contribution is 0.0880. The number of likely N-dealkylation sites (N-methyl/N-ethyl adjacent to an activating group) is 2. The number of nitrogens with zero attached hydrogens (tertiary/aromatic N) is 2. The average molecular weight is 253 g/mol. The fourth-order valence-corrected chi connectivity index (χ4v) is 3.91.